The summed E-state index contributed by atoms with van der Waals surface area (Å²) in [7, 11) is 0. The first-order valence-electron chi connectivity index (χ1n) is 9.49. The fourth-order valence-electron chi connectivity index (χ4n) is 3.36. The fourth-order valence-corrected chi connectivity index (χ4v) is 3.44. The largest absolute Gasteiger partial charge is 0.487 e. The summed E-state index contributed by atoms with van der Waals surface area (Å²) < 4.78 is 43.9. The number of carbonyl (C=O) groups is 1. The lowest BCUT2D eigenvalue weighted by Gasteiger charge is -2.20. The minimum absolute atomic E-state index is 0.0621. The number of aliphatic hydroxyl groups excluding tert-OH is 1. The molecule has 1 saturated heterocycles. The summed E-state index contributed by atoms with van der Waals surface area (Å²) in [5.41, 5.74) is -3.03. The Balaban J connectivity index is 1.58. The number of aromatic nitrogens is 3. The molecule has 1 aliphatic heterocycles. The molecular weight excluding hydrogens is 451 g/mol. The van der Waals surface area contributed by atoms with Crippen LogP contribution in [0, 0.1) is 5.82 Å². The van der Waals surface area contributed by atoms with Crippen LogP contribution in [0.5, 0.6) is 5.75 Å². The molecule has 3 N–H and O–H groups in total. The second-order valence-electron chi connectivity index (χ2n) is 7.10. The Bertz CT molecular complexity index is 1120. The monoisotopic (exact) mass is 467 g/mol. The number of β-amino-alcohol motifs (C(OH)–C–C–N with tert-alkyl or cyclic N) is 1. The lowest BCUT2D eigenvalue weighted by atomic mass is 10.1. The maximum Gasteiger partial charge on any atom is 0.487 e. The molecule has 4 rings (SSSR count). The van der Waals surface area contributed by atoms with Crippen molar-refractivity contribution in [3.05, 3.63) is 54.1 Å². The zero-order valence-corrected chi connectivity index (χ0v) is 17.1. The molecule has 8 nitrogen and oxygen atoms in total. The molecule has 0 unspecified atom stereocenters. The summed E-state index contributed by atoms with van der Waals surface area (Å²) in [6, 6.07) is 6.62. The molecule has 0 spiro atoms. The number of amides is 1. The van der Waals surface area contributed by atoms with Crippen LogP contribution >= 0.6 is 11.6 Å². The van der Waals surface area contributed by atoms with Crippen LogP contribution in [-0.2, 0) is 0 Å². The zero-order chi connectivity index (χ0) is 22.9. The molecule has 0 bridgehead atoms. The number of aromatic amines is 1. The van der Waals surface area contributed by atoms with Gasteiger partial charge in [-0.15, -0.1) is 8.78 Å². The molecule has 12 heteroatoms. The number of alkyl halides is 3. The van der Waals surface area contributed by atoms with Crippen molar-refractivity contribution in [3.8, 4) is 17.0 Å². The standard InChI is InChI=1S/C20H17ClF3N5O3/c21-20(23,24)32-14-3-1-12(2-4-14)27-19(31)11-7-15(17-16(22)9-26-28-17)18(25-8-11)29-6-5-13(30)10-29/h1-4,7-9,13,30H,5-6,10H2,(H,26,28)(H,27,31)/t13-/m0/s1. The van der Waals surface area contributed by atoms with Crippen LogP contribution in [-0.4, -0.2) is 51.0 Å². The number of ether oxygens (including phenoxy) is 1. The van der Waals surface area contributed by atoms with E-state index in [0.717, 1.165) is 6.20 Å². The molecule has 32 heavy (non-hydrogen) atoms. The van der Waals surface area contributed by atoms with Gasteiger partial charge in [-0.05, 0) is 36.8 Å². The summed E-state index contributed by atoms with van der Waals surface area (Å²) in [5.74, 6) is -0.941. The van der Waals surface area contributed by atoms with E-state index in [1.807, 2.05) is 0 Å². The molecule has 0 radical (unpaired) electrons. The van der Waals surface area contributed by atoms with Crippen molar-refractivity contribution in [3.63, 3.8) is 0 Å². The smallest absolute Gasteiger partial charge is 0.420 e. The summed E-state index contributed by atoms with van der Waals surface area (Å²) in [4.78, 5) is 18.9. The first kappa shape index (κ1) is 21.9. The molecule has 1 atom stereocenters. The van der Waals surface area contributed by atoms with E-state index < -0.39 is 23.4 Å². The number of aliphatic hydroxyl groups is 1. The number of pyridine rings is 1. The van der Waals surface area contributed by atoms with Crippen LogP contribution in [0.3, 0.4) is 0 Å². The fraction of sp³-hybridized carbons (Fsp3) is 0.250. The van der Waals surface area contributed by atoms with E-state index in [1.54, 1.807) is 4.90 Å². The van der Waals surface area contributed by atoms with Crippen LogP contribution in [0.1, 0.15) is 16.8 Å². The third kappa shape index (κ3) is 4.94. The number of hydrogen-bond acceptors (Lipinski definition) is 6. The summed E-state index contributed by atoms with van der Waals surface area (Å²) in [6.07, 6.45) is 2.37. The normalized spacial score (nSPS) is 16.3. The van der Waals surface area contributed by atoms with Crippen molar-refractivity contribution in [1.29, 1.82) is 0 Å². The first-order valence-corrected chi connectivity index (χ1v) is 9.87. The number of H-pyrrole nitrogens is 1. The minimum Gasteiger partial charge on any atom is -0.420 e. The number of nitrogens with zero attached hydrogens (tertiary/aromatic N) is 3. The van der Waals surface area contributed by atoms with Gasteiger partial charge in [0.15, 0.2) is 5.82 Å². The maximum atomic E-state index is 14.2. The first-order chi connectivity index (χ1) is 15.2. The molecule has 1 amide bonds. The van der Waals surface area contributed by atoms with Crippen LogP contribution < -0.4 is 15.0 Å². The second kappa shape index (κ2) is 8.67. The van der Waals surface area contributed by atoms with Gasteiger partial charge in [-0.3, -0.25) is 9.89 Å². The molecule has 1 aromatic carbocycles. The van der Waals surface area contributed by atoms with Crippen molar-refractivity contribution >= 4 is 29.0 Å². The molecule has 0 aliphatic carbocycles. The Morgan fingerprint density at radius 3 is 2.66 bits per heavy atom. The average Bonchev–Trinajstić information content (AvgIpc) is 3.36. The molecule has 1 aliphatic rings. The quantitative estimate of drug-likeness (QED) is 0.479. The number of carbonyl (C=O) groups excluding carboxylic acids is 1. The van der Waals surface area contributed by atoms with E-state index in [1.165, 1.54) is 36.5 Å². The highest BCUT2D eigenvalue weighted by Gasteiger charge is 2.28. The van der Waals surface area contributed by atoms with Crippen molar-refractivity contribution in [1.82, 2.24) is 15.2 Å². The topological polar surface area (TPSA) is 103 Å². The number of nitrogens with one attached hydrogen (secondary N) is 2. The molecule has 168 valence electrons. The van der Waals surface area contributed by atoms with Crippen LogP contribution in [0.15, 0.2) is 42.7 Å². The summed E-state index contributed by atoms with van der Waals surface area (Å²) in [5, 5.41) is 18.7. The molecule has 1 fully saturated rings. The van der Waals surface area contributed by atoms with Gasteiger partial charge >= 0.3 is 5.57 Å². The number of anilines is 2. The van der Waals surface area contributed by atoms with E-state index >= 15 is 0 Å². The van der Waals surface area contributed by atoms with E-state index in [2.05, 4.69) is 25.2 Å². The number of rotatable bonds is 6. The third-order valence-electron chi connectivity index (χ3n) is 4.80. The van der Waals surface area contributed by atoms with Crippen LogP contribution in [0.2, 0.25) is 0 Å². The van der Waals surface area contributed by atoms with Gasteiger partial charge in [0.05, 0.1) is 17.9 Å². The third-order valence-corrected chi connectivity index (χ3v) is 4.88. The number of halogens is 4. The minimum atomic E-state index is -3.85. The van der Waals surface area contributed by atoms with Crippen molar-refractivity contribution in [2.24, 2.45) is 0 Å². The molecule has 3 aromatic rings. The van der Waals surface area contributed by atoms with Gasteiger partial charge in [0.1, 0.15) is 17.3 Å². The molecule has 0 saturated carbocycles. The van der Waals surface area contributed by atoms with E-state index in [-0.39, 0.29) is 17.0 Å². The Labute approximate surface area is 185 Å². The Hall–Kier alpha value is -3.31. The predicted octanol–water partition coefficient (Wildman–Crippen LogP) is 3.60. The highest BCUT2D eigenvalue weighted by atomic mass is 35.5. The second-order valence-corrected chi connectivity index (χ2v) is 7.54. The van der Waals surface area contributed by atoms with Gasteiger partial charge in [0.2, 0.25) is 0 Å². The number of hydrogen-bond donors (Lipinski definition) is 3. The van der Waals surface area contributed by atoms with Crippen molar-refractivity contribution < 1.29 is 27.8 Å². The van der Waals surface area contributed by atoms with Crippen molar-refractivity contribution in [2.45, 2.75) is 18.1 Å². The van der Waals surface area contributed by atoms with Gasteiger partial charge in [-0.2, -0.15) is 5.10 Å². The lowest BCUT2D eigenvalue weighted by Crippen LogP contribution is -2.23. The van der Waals surface area contributed by atoms with Crippen LogP contribution in [0.4, 0.5) is 24.7 Å². The van der Waals surface area contributed by atoms with E-state index in [0.29, 0.717) is 36.6 Å². The number of benzene rings is 1. The Morgan fingerprint density at radius 2 is 2.06 bits per heavy atom. The molecular formula is C20H17ClF3N5O3. The van der Waals surface area contributed by atoms with Gasteiger partial charge in [0.25, 0.3) is 5.91 Å². The summed E-state index contributed by atoms with van der Waals surface area (Å²) in [6.45, 7) is 0.856. The Kier molecular flexibility index (Phi) is 5.94. The van der Waals surface area contributed by atoms with Gasteiger partial charge in [0, 0.05) is 42.1 Å². The van der Waals surface area contributed by atoms with Gasteiger partial charge in [-0.1, -0.05) is 0 Å². The highest BCUT2D eigenvalue weighted by molar-refractivity contribution is 6.20. The SMILES string of the molecule is O=C(Nc1ccc(OC(F)(F)Cl)cc1)c1cnc(N2CC[C@H](O)C2)c(-c2[nH]ncc2F)c1. The van der Waals surface area contributed by atoms with Gasteiger partial charge < -0.3 is 20.1 Å². The highest BCUT2D eigenvalue weighted by Crippen LogP contribution is 2.32. The zero-order valence-electron chi connectivity index (χ0n) is 16.4. The maximum absolute atomic E-state index is 14.2. The Morgan fingerprint density at radius 1 is 1.31 bits per heavy atom. The molecule has 2 aromatic heterocycles. The van der Waals surface area contributed by atoms with Crippen LogP contribution in [0.25, 0.3) is 11.3 Å². The van der Waals surface area contributed by atoms with Gasteiger partial charge in [-0.25, -0.2) is 9.37 Å². The predicted molar refractivity (Wildman–Crippen MR) is 110 cm³/mol. The molecule has 3 heterocycles. The van der Waals surface area contributed by atoms with Crippen molar-refractivity contribution in [2.75, 3.05) is 23.3 Å². The average molecular weight is 468 g/mol. The lowest BCUT2D eigenvalue weighted by molar-refractivity contribution is -0.0964. The van der Waals surface area contributed by atoms with E-state index in [4.69, 9.17) is 11.6 Å². The summed E-state index contributed by atoms with van der Waals surface area (Å²) >= 11 is 4.72. The van der Waals surface area contributed by atoms with E-state index in [9.17, 15) is 23.1 Å².